The van der Waals surface area contributed by atoms with Crippen molar-refractivity contribution in [2.24, 2.45) is 21.5 Å². The molecule has 4 rings (SSSR count). The van der Waals surface area contributed by atoms with Crippen molar-refractivity contribution < 1.29 is 0 Å². The maximum Gasteiger partial charge on any atom is 0.220 e. The van der Waals surface area contributed by atoms with E-state index in [4.69, 9.17) is 28.1 Å². The predicted molar refractivity (Wildman–Crippen MR) is 117 cm³/mol. The second-order valence-electron chi connectivity index (χ2n) is 7.88. The lowest BCUT2D eigenvalue weighted by molar-refractivity contribution is 0.271. The molecular formula is C20H30ClN7. The second-order valence-corrected chi connectivity index (χ2v) is 8.28. The number of benzene rings is 1. The van der Waals surface area contributed by atoms with Crippen molar-refractivity contribution in [2.75, 3.05) is 42.5 Å². The van der Waals surface area contributed by atoms with E-state index in [9.17, 15) is 0 Å². The smallest absolute Gasteiger partial charge is 0.220 e. The minimum absolute atomic E-state index is 0.271. The van der Waals surface area contributed by atoms with Crippen LogP contribution in [-0.2, 0) is 0 Å². The van der Waals surface area contributed by atoms with Gasteiger partial charge in [-0.25, -0.2) is 4.99 Å². The van der Waals surface area contributed by atoms with Crippen molar-refractivity contribution in [2.45, 2.75) is 44.7 Å². The Labute approximate surface area is 172 Å². The van der Waals surface area contributed by atoms with Crippen molar-refractivity contribution in [1.82, 2.24) is 4.90 Å². The van der Waals surface area contributed by atoms with Gasteiger partial charge in [-0.3, -0.25) is 4.90 Å². The molecule has 1 aliphatic carbocycles. The van der Waals surface area contributed by atoms with Crippen molar-refractivity contribution in [1.29, 1.82) is 0 Å². The van der Waals surface area contributed by atoms with Crippen molar-refractivity contribution in [3.63, 3.8) is 0 Å². The van der Waals surface area contributed by atoms with E-state index in [0.29, 0.717) is 5.96 Å². The first-order chi connectivity index (χ1) is 13.5. The number of nitrogens with two attached hydrogens (primary N) is 2. The standard InChI is InChI=1S/C20H30ClN7/c1-2-26-10-12-27(13-11-26)17-7-6-15(14-16(17)21)28-19(23)24-18(22)25-20(28)8-4-3-5-9-20/h6-7,14H,2-5,8-13H2,1H3,(H4,22,23,24,25). The van der Waals surface area contributed by atoms with Gasteiger partial charge in [0.2, 0.25) is 11.9 Å². The lowest BCUT2D eigenvalue weighted by Gasteiger charge is -2.45. The molecule has 1 spiro atoms. The van der Waals surface area contributed by atoms with Crippen LogP contribution < -0.4 is 21.3 Å². The molecule has 0 atom stereocenters. The Kier molecular flexibility index (Phi) is 5.38. The second kappa shape index (κ2) is 7.79. The van der Waals surface area contributed by atoms with E-state index in [2.05, 4.69) is 33.8 Å². The normalized spacial score (nSPS) is 22.9. The van der Waals surface area contributed by atoms with E-state index in [1.807, 2.05) is 11.0 Å². The fraction of sp³-hybridized carbons (Fsp3) is 0.600. The Morgan fingerprint density at radius 3 is 2.43 bits per heavy atom. The average molecular weight is 404 g/mol. The number of guanidine groups is 2. The zero-order valence-electron chi connectivity index (χ0n) is 16.6. The van der Waals surface area contributed by atoms with Crippen LogP contribution in [0.2, 0.25) is 5.02 Å². The molecule has 1 aromatic rings. The minimum Gasteiger partial charge on any atom is -0.369 e. The largest absolute Gasteiger partial charge is 0.369 e. The summed E-state index contributed by atoms with van der Waals surface area (Å²) >= 11 is 6.73. The molecule has 1 saturated carbocycles. The van der Waals surface area contributed by atoms with Gasteiger partial charge in [0.15, 0.2) is 0 Å². The van der Waals surface area contributed by atoms with Gasteiger partial charge in [0, 0.05) is 31.9 Å². The lowest BCUT2D eigenvalue weighted by Crippen LogP contribution is -2.58. The maximum absolute atomic E-state index is 6.73. The van der Waals surface area contributed by atoms with Gasteiger partial charge in [-0.15, -0.1) is 0 Å². The zero-order valence-corrected chi connectivity index (χ0v) is 17.3. The van der Waals surface area contributed by atoms with Gasteiger partial charge in [0.05, 0.1) is 10.7 Å². The Bertz CT molecular complexity index is 777. The van der Waals surface area contributed by atoms with Crippen LogP contribution in [-0.4, -0.2) is 55.2 Å². The molecule has 0 bridgehead atoms. The number of likely N-dealkylation sites (N-methyl/N-ethyl adjacent to an activating group) is 1. The van der Waals surface area contributed by atoms with Crippen molar-refractivity contribution in [3.8, 4) is 0 Å². The fourth-order valence-electron chi connectivity index (χ4n) is 4.69. The molecule has 0 aromatic heterocycles. The Morgan fingerprint density at radius 2 is 1.79 bits per heavy atom. The monoisotopic (exact) mass is 403 g/mol. The van der Waals surface area contributed by atoms with Crippen LogP contribution in [0, 0.1) is 0 Å². The molecule has 0 radical (unpaired) electrons. The van der Waals surface area contributed by atoms with Crippen LogP contribution in [0.25, 0.3) is 0 Å². The lowest BCUT2D eigenvalue weighted by atomic mass is 9.87. The number of rotatable bonds is 3. The number of hydrogen-bond acceptors (Lipinski definition) is 7. The van der Waals surface area contributed by atoms with Crippen LogP contribution in [0.1, 0.15) is 39.0 Å². The number of piperazine rings is 1. The minimum atomic E-state index is -0.439. The molecule has 152 valence electrons. The molecule has 4 N–H and O–H groups in total. The predicted octanol–water partition coefficient (Wildman–Crippen LogP) is 2.59. The molecule has 2 fully saturated rings. The van der Waals surface area contributed by atoms with Gasteiger partial charge in [-0.1, -0.05) is 24.9 Å². The molecule has 1 saturated heterocycles. The van der Waals surface area contributed by atoms with Gasteiger partial charge in [-0.2, -0.15) is 4.99 Å². The first-order valence-electron chi connectivity index (χ1n) is 10.3. The number of halogens is 1. The van der Waals surface area contributed by atoms with Gasteiger partial charge in [-0.05, 0) is 50.4 Å². The number of anilines is 2. The van der Waals surface area contributed by atoms with Crippen molar-refractivity contribution >= 4 is 34.9 Å². The fourth-order valence-corrected chi connectivity index (χ4v) is 4.99. The molecular weight excluding hydrogens is 374 g/mol. The molecule has 0 amide bonds. The first-order valence-corrected chi connectivity index (χ1v) is 10.7. The average Bonchev–Trinajstić information content (AvgIpc) is 2.68. The van der Waals surface area contributed by atoms with Crippen molar-refractivity contribution in [3.05, 3.63) is 23.2 Å². The molecule has 8 heteroatoms. The summed E-state index contributed by atoms with van der Waals surface area (Å²) in [5.41, 5.74) is 13.9. The third-order valence-corrected chi connectivity index (χ3v) is 6.50. The Balaban J connectivity index is 1.62. The number of aliphatic imine (C=N–C) groups is 2. The van der Waals surface area contributed by atoms with Gasteiger partial charge >= 0.3 is 0 Å². The highest BCUT2D eigenvalue weighted by Gasteiger charge is 2.42. The molecule has 7 nitrogen and oxygen atoms in total. The van der Waals surface area contributed by atoms with Crippen LogP contribution in [0.4, 0.5) is 11.4 Å². The summed E-state index contributed by atoms with van der Waals surface area (Å²) in [5, 5.41) is 0.740. The SMILES string of the molecule is CCN1CCN(c2ccc(N3C(N)=NC(N)=NC34CCCCC4)cc2Cl)CC1. The number of hydrogen-bond donors (Lipinski definition) is 2. The molecule has 3 aliphatic rings. The third kappa shape index (κ3) is 3.53. The summed E-state index contributed by atoms with van der Waals surface area (Å²) in [6.45, 7) is 7.42. The molecule has 28 heavy (non-hydrogen) atoms. The van der Waals surface area contributed by atoms with E-state index in [-0.39, 0.29) is 5.96 Å². The van der Waals surface area contributed by atoms with Gasteiger partial charge in [0.1, 0.15) is 5.66 Å². The Hall–Kier alpha value is -1.99. The molecule has 0 unspecified atom stereocenters. The summed E-state index contributed by atoms with van der Waals surface area (Å²) in [7, 11) is 0. The highest BCUT2D eigenvalue weighted by Crippen LogP contribution is 2.41. The van der Waals surface area contributed by atoms with Gasteiger partial charge in [0.25, 0.3) is 0 Å². The van der Waals surface area contributed by atoms with E-state index >= 15 is 0 Å². The van der Waals surface area contributed by atoms with E-state index in [1.54, 1.807) is 0 Å². The summed E-state index contributed by atoms with van der Waals surface area (Å²) < 4.78 is 0. The highest BCUT2D eigenvalue weighted by atomic mass is 35.5. The van der Waals surface area contributed by atoms with E-state index < -0.39 is 5.66 Å². The van der Waals surface area contributed by atoms with Crippen LogP contribution in [0.5, 0.6) is 0 Å². The van der Waals surface area contributed by atoms with Crippen LogP contribution in [0.3, 0.4) is 0 Å². The first kappa shape index (κ1) is 19.3. The summed E-state index contributed by atoms with van der Waals surface area (Å²) in [5.74, 6) is 0.668. The summed E-state index contributed by atoms with van der Waals surface area (Å²) in [6, 6.07) is 6.19. The maximum atomic E-state index is 6.73. The topological polar surface area (TPSA) is 86.5 Å². The molecule has 1 aromatic carbocycles. The Morgan fingerprint density at radius 1 is 1.07 bits per heavy atom. The summed E-state index contributed by atoms with van der Waals surface area (Å²) in [6.07, 6.45) is 5.26. The zero-order chi connectivity index (χ0) is 19.7. The van der Waals surface area contributed by atoms with E-state index in [0.717, 1.165) is 74.8 Å². The highest BCUT2D eigenvalue weighted by molar-refractivity contribution is 6.33. The quantitative estimate of drug-likeness (QED) is 0.810. The molecule has 2 aliphatic heterocycles. The third-order valence-electron chi connectivity index (χ3n) is 6.20. The number of nitrogens with zero attached hydrogens (tertiary/aromatic N) is 5. The van der Waals surface area contributed by atoms with Crippen LogP contribution in [0.15, 0.2) is 28.2 Å². The summed E-state index contributed by atoms with van der Waals surface area (Å²) in [4.78, 5) is 15.8. The van der Waals surface area contributed by atoms with E-state index in [1.165, 1.54) is 6.42 Å². The molecule has 2 heterocycles. The van der Waals surface area contributed by atoms with Crippen LogP contribution >= 0.6 is 11.6 Å². The van der Waals surface area contributed by atoms with Gasteiger partial charge < -0.3 is 21.3 Å².